The van der Waals surface area contributed by atoms with E-state index < -0.39 is 10.0 Å². The first-order chi connectivity index (χ1) is 16.3. The third kappa shape index (κ3) is 3.80. The zero-order valence-electron chi connectivity index (χ0n) is 19.4. The number of hydrogen-bond acceptors (Lipinski definition) is 5. The highest BCUT2D eigenvalue weighted by Gasteiger charge is 2.39. The fourth-order valence-corrected chi connectivity index (χ4v) is 6.11. The lowest BCUT2D eigenvalue weighted by Crippen LogP contribution is -2.29. The molecule has 3 aromatic carbocycles. The summed E-state index contributed by atoms with van der Waals surface area (Å²) in [6.45, 7) is 3.95. The third-order valence-corrected chi connectivity index (χ3v) is 8.37. The Morgan fingerprint density at radius 1 is 1.03 bits per heavy atom. The van der Waals surface area contributed by atoms with E-state index in [1.54, 1.807) is 24.3 Å². The molecule has 7 heteroatoms. The first-order valence-corrected chi connectivity index (χ1v) is 12.8. The summed E-state index contributed by atoms with van der Waals surface area (Å²) in [7, 11) is -2.21. The number of phenols is 1. The lowest BCUT2D eigenvalue weighted by Gasteiger charge is -2.38. The first kappa shape index (κ1) is 22.3. The smallest absolute Gasteiger partial charge is 0.261 e. The summed E-state index contributed by atoms with van der Waals surface area (Å²) in [5.74, 6) is 0.764. The molecule has 3 atom stereocenters. The van der Waals surface area contributed by atoms with Crippen molar-refractivity contribution in [2.45, 2.75) is 37.1 Å². The Bertz CT molecular complexity index is 1400. The van der Waals surface area contributed by atoms with Crippen molar-refractivity contribution in [1.82, 2.24) is 0 Å². The number of aryl methyl sites for hydroxylation is 2. The summed E-state index contributed by atoms with van der Waals surface area (Å²) in [5.41, 5.74) is 5.27. The lowest BCUT2D eigenvalue weighted by atomic mass is 9.77. The van der Waals surface area contributed by atoms with Crippen molar-refractivity contribution in [3.63, 3.8) is 0 Å². The van der Waals surface area contributed by atoms with Gasteiger partial charge >= 0.3 is 0 Å². The van der Waals surface area contributed by atoms with Gasteiger partial charge in [-0.05, 0) is 79.3 Å². The molecule has 0 amide bonds. The van der Waals surface area contributed by atoms with E-state index in [2.05, 4.69) is 22.2 Å². The number of rotatable bonds is 5. The first-order valence-electron chi connectivity index (χ1n) is 11.3. The quantitative estimate of drug-likeness (QED) is 0.415. The van der Waals surface area contributed by atoms with Crippen molar-refractivity contribution >= 4 is 21.4 Å². The van der Waals surface area contributed by atoms with Crippen molar-refractivity contribution in [2.24, 2.45) is 5.92 Å². The van der Waals surface area contributed by atoms with Crippen LogP contribution in [0.3, 0.4) is 0 Å². The fourth-order valence-electron chi connectivity index (χ4n) is 5.02. The van der Waals surface area contributed by atoms with Gasteiger partial charge < -0.3 is 15.2 Å². The second-order valence-electron chi connectivity index (χ2n) is 9.03. The second-order valence-corrected chi connectivity index (χ2v) is 10.7. The van der Waals surface area contributed by atoms with Gasteiger partial charge in [0.2, 0.25) is 0 Å². The molecule has 1 heterocycles. The highest BCUT2D eigenvalue weighted by atomic mass is 32.2. The molecule has 3 aromatic rings. The molecule has 1 aliphatic carbocycles. The van der Waals surface area contributed by atoms with Gasteiger partial charge in [0.05, 0.1) is 18.0 Å². The van der Waals surface area contributed by atoms with Gasteiger partial charge in [-0.1, -0.05) is 30.4 Å². The number of fused-ring (bicyclic) bond motifs is 3. The summed E-state index contributed by atoms with van der Waals surface area (Å²) in [4.78, 5) is 0.230. The molecule has 6 nitrogen and oxygen atoms in total. The van der Waals surface area contributed by atoms with Crippen LogP contribution in [0.1, 0.15) is 40.6 Å². The average molecular weight is 477 g/mol. The molecule has 0 radical (unpaired) electrons. The molecule has 2 aliphatic rings. The van der Waals surface area contributed by atoms with Crippen molar-refractivity contribution < 1.29 is 18.3 Å². The molecule has 176 valence electrons. The van der Waals surface area contributed by atoms with Crippen LogP contribution in [0.15, 0.2) is 71.6 Å². The predicted molar refractivity (Wildman–Crippen MR) is 134 cm³/mol. The fraction of sp³-hybridized carbons (Fsp3) is 0.259. The van der Waals surface area contributed by atoms with Gasteiger partial charge in [-0.2, -0.15) is 0 Å². The predicted octanol–water partition coefficient (Wildman–Crippen LogP) is 5.64. The number of anilines is 2. The summed E-state index contributed by atoms with van der Waals surface area (Å²) in [5, 5.41) is 14.3. The van der Waals surface area contributed by atoms with E-state index in [0.29, 0.717) is 11.4 Å². The third-order valence-electron chi connectivity index (χ3n) is 6.99. The summed E-state index contributed by atoms with van der Waals surface area (Å²) >= 11 is 0. The van der Waals surface area contributed by atoms with Gasteiger partial charge in [0.15, 0.2) is 11.5 Å². The molecular weight excluding hydrogens is 448 g/mol. The molecule has 0 spiro atoms. The van der Waals surface area contributed by atoms with Gasteiger partial charge in [0, 0.05) is 22.9 Å². The number of ether oxygens (including phenoxy) is 1. The van der Waals surface area contributed by atoms with Gasteiger partial charge in [0.1, 0.15) is 0 Å². The van der Waals surface area contributed by atoms with Crippen LogP contribution in [0.5, 0.6) is 11.5 Å². The number of phenolic OH excluding ortho intramolecular Hbond substituents is 1. The highest BCUT2D eigenvalue weighted by Crippen LogP contribution is 2.52. The van der Waals surface area contributed by atoms with Gasteiger partial charge in [-0.25, -0.2) is 8.42 Å². The van der Waals surface area contributed by atoms with Crippen molar-refractivity contribution in [1.29, 1.82) is 0 Å². The number of methoxy groups -OCH3 is 1. The Hall–Kier alpha value is -3.45. The Kier molecular flexibility index (Phi) is 5.52. The molecular formula is C27H28N2O4S. The number of benzene rings is 3. The molecule has 0 aromatic heterocycles. The minimum absolute atomic E-state index is 0.0450. The van der Waals surface area contributed by atoms with Crippen LogP contribution in [0.25, 0.3) is 0 Å². The van der Waals surface area contributed by atoms with Crippen LogP contribution in [-0.2, 0) is 10.0 Å². The largest absolute Gasteiger partial charge is 0.504 e. The zero-order chi connectivity index (χ0) is 24.0. The molecule has 0 bridgehead atoms. The van der Waals surface area contributed by atoms with E-state index in [1.807, 2.05) is 44.2 Å². The van der Waals surface area contributed by atoms with Crippen LogP contribution in [0, 0.1) is 19.8 Å². The molecule has 0 fully saturated rings. The maximum absolute atomic E-state index is 13.2. The van der Waals surface area contributed by atoms with E-state index in [4.69, 9.17) is 4.74 Å². The van der Waals surface area contributed by atoms with E-state index >= 15 is 0 Å². The number of aromatic hydroxyl groups is 1. The highest BCUT2D eigenvalue weighted by molar-refractivity contribution is 7.92. The number of para-hydroxylation sites is 1. The van der Waals surface area contributed by atoms with E-state index in [0.717, 1.165) is 34.4 Å². The van der Waals surface area contributed by atoms with Crippen LogP contribution >= 0.6 is 0 Å². The summed E-state index contributed by atoms with van der Waals surface area (Å²) < 4.78 is 34.4. The maximum Gasteiger partial charge on any atom is 0.261 e. The lowest BCUT2D eigenvalue weighted by molar-refractivity contribution is 0.358. The minimum atomic E-state index is -3.74. The van der Waals surface area contributed by atoms with Gasteiger partial charge in [-0.3, -0.25) is 4.72 Å². The standard InChI is InChI=1S/C27H28N2O4S/c1-16-10-11-18(14-17(16)2)29-34(31,32)19-12-13-24-23(15-19)20-6-4-7-21(20)26(28-24)22-8-5-9-25(33-3)27(22)30/h4-6,8-15,20-21,26,28-30H,7H2,1-3H3. The Labute approximate surface area is 200 Å². The minimum Gasteiger partial charge on any atom is -0.504 e. The van der Waals surface area contributed by atoms with Crippen molar-refractivity contribution in [3.8, 4) is 11.5 Å². The van der Waals surface area contributed by atoms with Gasteiger partial charge in [-0.15, -0.1) is 0 Å². The normalized spacial score (nSPS) is 20.9. The summed E-state index contributed by atoms with van der Waals surface area (Å²) in [6.07, 6.45) is 5.10. The SMILES string of the molecule is COc1cccc(C2Nc3ccc(S(=O)(=O)Nc4ccc(C)c(C)c4)cc3C3C=CCC32)c1O. The van der Waals surface area contributed by atoms with Crippen LogP contribution < -0.4 is 14.8 Å². The van der Waals surface area contributed by atoms with E-state index in [-0.39, 0.29) is 28.5 Å². The molecule has 5 rings (SSSR count). The molecule has 3 N–H and O–H groups in total. The Morgan fingerprint density at radius 3 is 2.62 bits per heavy atom. The average Bonchev–Trinajstić information content (AvgIpc) is 3.31. The van der Waals surface area contributed by atoms with E-state index in [1.165, 1.54) is 7.11 Å². The zero-order valence-corrected chi connectivity index (χ0v) is 20.2. The van der Waals surface area contributed by atoms with Crippen molar-refractivity contribution in [2.75, 3.05) is 17.1 Å². The second kappa shape index (κ2) is 8.40. The number of allylic oxidation sites excluding steroid dienone is 2. The Balaban J connectivity index is 1.50. The topological polar surface area (TPSA) is 87.7 Å². The number of hydrogen-bond donors (Lipinski definition) is 3. The van der Waals surface area contributed by atoms with Gasteiger partial charge in [0.25, 0.3) is 10.0 Å². The number of nitrogens with one attached hydrogen (secondary N) is 2. The monoisotopic (exact) mass is 476 g/mol. The maximum atomic E-state index is 13.2. The van der Waals surface area contributed by atoms with Crippen LogP contribution in [0.2, 0.25) is 0 Å². The molecule has 0 saturated heterocycles. The molecule has 3 unspecified atom stereocenters. The number of sulfonamides is 1. The van der Waals surface area contributed by atoms with Crippen LogP contribution in [-0.4, -0.2) is 20.6 Å². The van der Waals surface area contributed by atoms with Crippen LogP contribution in [0.4, 0.5) is 11.4 Å². The van der Waals surface area contributed by atoms with Crippen molar-refractivity contribution in [3.05, 3.63) is 89.0 Å². The molecule has 0 saturated carbocycles. The Morgan fingerprint density at radius 2 is 1.85 bits per heavy atom. The molecule has 34 heavy (non-hydrogen) atoms. The molecule has 1 aliphatic heterocycles. The summed E-state index contributed by atoms with van der Waals surface area (Å²) in [6, 6.07) is 16.1. The van der Waals surface area contributed by atoms with E-state index in [9.17, 15) is 13.5 Å².